The molecule has 2 heterocycles. The lowest BCUT2D eigenvalue weighted by molar-refractivity contribution is -0.117. The summed E-state index contributed by atoms with van der Waals surface area (Å²) in [5, 5.41) is 3.02. The molecule has 5 nitrogen and oxygen atoms in total. The van der Waals surface area contributed by atoms with Crippen LogP contribution in [0.5, 0.6) is 11.5 Å². The van der Waals surface area contributed by atoms with Gasteiger partial charge in [-0.05, 0) is 57.0 Å². The van der Waals surface area contributed by atoms with Crippen LogP contribution in [0.3, 0.4) is 0 Å². The maximum atomic E-state index is 12.4. The molecule has 2 aliphatic heterocycles. The average Bonchev–Trinajstić information content (AvgIpc) is 2.65. The number of ether oxygens (including phenoxy) is 2. The lowest BCUT2D eigenvalue weighted by Gasteiger charge is -2.33. The maximum absolute atomic E-state index is 12.4. The van der Waals surface area contributed by atoms with Crippen molar-refractivity contribution >= 4 is 12.0 Å². The normalized spacial score (nSPS) is 20.2. The molecule has 1 saturated heterocycles. The second-order valence-corrected chi connectivity index (χ2v) is 6.85. The molecule has 0 bridgehead atoms. The molecule has 136 valence electrons. The van der Waals surface area contributed by atoms with Crippen molar-refractivity contribution in [2.45, 2.75) is 38.6 Å². The van der Waals surface area contributed by atoms with Crippen LogP contribution in [0.1, 0.15) is 38.2 Å². The Hall–Kier alpha value is -2.01. The third-order valence-electron chi connectivity index (χ3n) is 5.07. The number of methoxy groups -OCH3 is 1. The number of hydrogen-bond acceptors (Lipinski definition) is 4. The van der Waals surface area contributed by atoms with Gasteiger partial charge in [0.1, 0.15) is 18.1 Å². The van der Waals surface area contributed by atoms with Gasteiger partial charge in [-0.1, -0.05) is 6.42 Å². The van der Waals surface area contributed by atoms with Crippen LogP contribution in [-0.4, -0.2) is 50.2 Å². The number of amides is 1. The summed E-state index contributed by atoms with van der Waals surface area (Å²) in [5.41, 5.74) is 1.55. The van der Waals surface area contributed by atoms with Crippen molar-refractivity contribution in [2.24, 2.45) is 0 Å². The number of carbonyl (C=O) groups is 1. The Morgan fingerprint density at radius 2 is 2.28 bits per heavy atom. The van der Waals surface area contributed by atoms with Crippen molar-refractivity contribution in [3.8, 4) is 11.5 Å². The molecule has 0 radical (unpaired) electrons. The van der Waals surface area contributed by atoms with Crippen LogP contribution in [0.25, 0.3) is 6.08 Å². The van der Waals surface area contributed by atoms with Gasteiger partial charge >= 0.3 is 0 Å². The lowest BCUT2D eigenvalue weighted by atomic mass is 10.0. The first-order valence-electron chi connectivity index (χ1n) is 9.21. The summed E-state index contributed by atoms with van der Waals surface area (Å²) in [5.74, 6) is 1.51. The molecule has 0 spiro atoms. The highest BCUT2D eigenvalue weighted by Gasteiger charge is 2.19. The van der Waals surface area contributed by atoms with Gasteiger partial charge in [0, 0.05) is 24.7 Å². The fourth-order valence-corrected chi connectivity index (χ4v) is 3.50. The van der Waals surface area contributed by atoms with E-state index in [1.54, 1.807) is 7.11 Å². The number of rotatable bonds is 6. The molecule has 1 fully saturated rings. The van der Waals surface area contributed by atoms with Crippen LogP contribution >= 0.6 is 0 Å². The third-order valence-corrected chi connectivity index (χ3v) is 5.07. The summed E-state index contributed by atoms with van der Waals surface area (Å²) in [6.07, 6.45) is 6.80. The molecule has 1 aromatic carbocycles. The molecule has 1 N–H and O–H groups in total. The van der Waals surface area contributed by atoms with Gasteiger partial charge in [0.25, 0.3) is 5.91 Å². The largest absolute Gasteiger partial charge is 0.497 e. The van der Waals surface area contributed by atoms with E-state index < -0.39 is 0 Å². The Labute approximate surface area is 150 Å². The summed E-state index contributed by atoms with van der Waals surface area (Å²) in [4.78, 5) is 14.9. The number of hydrogen-bond donors (Lipinski definition) is 1. The van der Waals surface area contributed by atoms with Crippen molar-refractivity contribution in [2.75, 3.05) is 33.4 Å². The molecule has 0 aliphatic carbocycles. The fourth-order valence-electron chi connectivity index (χ4n) is 3.50. The molecular formula is C20H28N2O3. The zero-order chi connectivity index (χ0) is 17.6. The molecule has 1 unspecified atom stereocenters. The van der Waals surface area contributed by atoms with E-state index in [9.17, 15) is 4.79 Å². The summed E-state index contributed by atoms with van der Waals surface area (Å²) in [6.45, 7) is 5.55. The Morgan fingerprint density at radius 1 is 1.40 bits per heavy atom. The molecule has 1 atom stereocenters. The average molecular weight is 344 g/mol. The van der Waals surface area contributed by atoms with Crippen LogP contribution in [0, 0.1) is 0 Å². The molecule has 1 aromatic rings. The standard InChI is InChI=1S/C20H28N2O3/c1-15-6-3-4-10-22(15)11-5-9-21-20(23)17-12-16-13-18(24-2)7-8-19(16)25-14-17/h7-8,12-13,15H,3-6,9-11,14H2,1-2H3,(H,21,23). The van der Waals surface area contributed by atoms with Gasteiger partial charge in [0.05, 0.1) is 12.7 Å². The fraction of sp³-hybridized carbons (Fsp3) is 0.550. The predicted molar refractivity (Wildman–Crippen MR) is 99.0 cm³/mol. The number of nitrogens with one attached hydrogen (secondary N) is 1. The molecule has 1 amide bonds. The van der Waals surface area contributed by atoms with Gasteiger partial charge in [-0.25, -0.2) is 0 Å². The van der Waals surface area contributed by atoms with Crippen molar-refractivity contribution in [3.05, 3.63) is 29.3 Å². The van der Waals surface area contributed by atoms with Crippen LogP contribution in [-0.2, 0) is 4.79 Å². The Kier molecular flexibility index (Phi) is 5.97. The zero-order valence-corrected chi connectivity index (χ0v) is 15.2. The number of nitrogens with zero attached hydrogens (tertiary/aromatic N) is 1. The molecule has 0 saturated carbocycles. The lowest BCUT2D eigenvalue weighted by Crippen LogP contribution is -2.39. The highest BCUT2D eigenvalue weighted by Crippen LogP contribution is 2.29. The van der Waals surface area contributed by atoms with Gasteiger partial charge in [-0.2, -0.15) is 0 Å². The summed E-state index contributed by atoms with van der Waals surface area (Å²) >= 11 is 0. The van der Waals surface area contributed by atoms with Gasteiger partial charge in [-0.3, -0.25) is 4.79 Å². The molecule has 3 rings (SSSR count). The first kappa shape index (κ1) is 17.8. The molecule has 25 heavy (non-hydrogen) atoms. The van der Waals surface area contributed by atoms with Crippen LogP contribution in [0.2, 0.25) is 0 Å². The van der Waals surface area contributed by atoms with E-state index in [4.69, 9.17) is 9.47 Å². The summed E-state index contributed by atoms with van der Waals surface area (Å²) in [7, 11) is 1.63. The van der Waals surface area contributed by atoms with Gasteiger partial charge in [0.15, 0.2) is 0 Å². The van der Waals surface area contributed by atoms with Crippen LogP contribution in [0.4, 0.5) is 0 Å². The van der Waals surface area contributed by atoms with Gasteiger partial charge in [0.2, 0.25) is 0 Å². The quantitative estimate of drug-likeness (QED) is 0.806. The first-order chi connectivity index (χ1) is 12.2. The Morgan fingerprint density at radius 3 is 3.08 bits per heavy atom. The number of benzene rings is 1. The smallest absolute Gasteiger partial charge is 0.250 e. The minimum atomic E-state index is -0.0415. The highest BCUT2D eigenvalue weighted by atomic mass is 16.5. The molecule has 5 heteroatoms. The van der Waals surface area contributed by atoms with Crippen LogP contribution < -0.4 is 14.8 Å². The van der Waals surface area contributed by atoms with E-state index in [-0.39, 0.29) is 5.91 Å². The summed E-state index contributed by atoms with van der Waals surface area (Å²) in [6, 6.07) is 6.29. The van der Waals surface area contributed by atoms with Gasteiger partial charge < -0.3 is 19.7 Å². The number of likely N-dealkylation sites (tertiary alicyclic amines) is 1. The summed E-state index contributed by atoms with van der Waals surface area (Å²) < 4.78 is 10.9. The van der Waals surface area contributed by atoms with Crippen molar-refractivity contribution in [1.29, 1.82) is 0 Å². The zero-order valence-electron chi connectivity index (χ0n) is 15.2. The third kappa shape index (κ3) is 4.54. The Bertz CT molecular complexity index is 642. The van der Waals surface area contributed by atoms with E-state index in [2.05, 4.69) is 17.1 Å². The Balaban J connectivity index is 1.49. The van der Waals surface area contributed by atoms with Crippen molar-refractivity contribution in [1.82, 2.24) is 10.2 Å². The highest BCUT2D eigenvalue weighted by molar-refractivity contribution is 5.99. The number of carbonyl (C=O) groups excluding carboxylic acids is 1. The first-order valence-corrected chi connectivity index (χ1v) is 9.21. The predicted octanol–water partition coefficient (Wildman–Crippen LogP) is 2.85. The van der Waals surface area contributed by atoms with Crippen molar-refractivity contribution < 1.29 is 14.3 Å². The van der Waals surface area contributed by atoms with Gasteiger partial charge in [-0.15, -0.1) is 0 Å². The SMILES string of the molecule is COc1ccc2c(c1)C=C(C(=O)NCCCN1CCCCC1C)CO2. The molecule has 2 aliphatic rings. The molecule has 0 aromatic heterocycles. The topological polar surface area (TPSA) is 50.8 Å². The van der Waals surface area contributed by atoms with E-state index in [0.717, 1.165) is 30.0 Å². The van der Waals surface area contributed by atoms with Crippen LogP contribution in [0.15, 0.2) is 23.8 Å². The van der Waals surface area contributed by atoms with E-state index >= 15 is 0 Å². The second kappa shape index (κ2) is 8.39. The van der Waals surface area contributed by atoms with E-state index in [1.807, 2.05) is 24.3 Å². The molecular weight excluding hydrogens is 316 g/mol. The maximum Gasteiger partial charge on any atom is 0.250 e. The minimum absolute atomic E-state index is 0.0415. The van der Waals surface area contributed by atoms with E-state index in [1.165, 1.54) is 25.8 Å². The van der Waals surface area contributed by atoms with Crippen molar-refractivity contribution in [3.63, 3.8) is 0 Å². The minimum Gasteiger partial charge on any atom is -0.497 e. The number of piperidine rings is 1. The monoisotopic (exact) mass is 344 g/mol. The second-order valence-electron chi connectivity index (χ2n) is 6.85. The number of fused-ring (bicyclic) bond motifs is 1. The van der Waals surface area contributed by atoms with E-state index in [0.29, 0.717) is 24.8 Å².